The Balaban J connectivity index is 0.00000784. The van der Waals surface area contributed by atoms with Crippen LogP contribution in [0.5, 0.6) is 0 Å². The maximum absolute atomic E-state index is 12.1. The van der Waals surface area contributed by atoms with Crippen molar-refractivity contribution in [2.45, 2.75) is 109 Å². The van der Waals surface area contributed by atoms with E-state index in [1.807, 2.05) is 6.08 Å². The largest absolute Gasteiger partial charge is 1.00 e. The minimum atomic E-state index is -1.10. The third-order valence-electron chi connectivity index (χ3n) is 5.92. The summed E-state index contributed by atoms with van der Waals surface area (Å²) in [6.07, 6.45) is 21.1. The summed E-state index contributed by atoms with van der Waals surface area (Å²) in [5.74, 6) is -2.60. The Morgan fingerprint density at radius 1 is 0.793 bits per heavy atom. The van der Waals surface area contributed by atoms with Crippen LogP contribution in [0, 0.1) is 11.8 Å². The van der Waals surface area contributed by atoms with Crippen molar-refractivity contribution in [1.29, 1.82) is 0 Å². The van der Waals surface area contributed by atoms with Gasteiger partial charge in [0.25, 0.3) is 0 Å². The molecule has 2 unspecified atom stereocenters. The number of aliphatic carboxylic acids is 1. The van der Waals surface area contributed by atoms with Crippen LogP contribution in [0.15, 0.2) is 12.7 Å². The van der Waals surface area contributed by atoms with Gasteiger partial charge in [0, 0.05) is 11.9 Å². The van der Waals surface area contributed by atoms with E-state index in [4.69, 9.17) is 4.74 Å². The number of hydrogen-bond donors (Lipinski definition) is 0. The molecule has 0 radical (unpaired) electrons. The molecular formula is C24H41NaO4. The Morgan fingerprint density at radius 3 is 1.72 bits per heavy atom. The van der Waals surface area contributed by atoms with Gasteiger partial charge in [0.2, 0.25) is 0 Å². The minimum Gasteiger partial charge on any atom is -0.550 e. The van der Waals surface area contributed by atoms with Gasteiger partial charge in [-0.15, -0.1) is 6.58 Å². The van der Waals surface area contributed by atoms with Gasteiger partial charge in [-0.1, -0.05) is 83.1 Å². The molecule has 0 saturated heterocycles. The van der Waals surface area contributed by atoms with Crippen LogP contribution < -0.4 is 34.7 Å². The average molecular weight is 417 g/mol. The molecule has 1 aliphatic carbocycles. The fraction of sp³-hybridized carbons (Fsp3) is 0.833. The van der Waals surface area contributed by atoms with Crippen LogP contribution in [0.1, 0.15) is 109 Å². The molecule has 0 aromatic heterocycles. The fourth-order valence-corrected chi connectivity index (χ4v) is 4.13. The van der Waals surface area contributed by atoms with Gasteiger partial charge in [-0.05, 0) is 32.1 Å². The smallest absolute Gasteiger partial charge is 0.550 e. The molecule has 0 N–H and O–H groups in total. The van der Waals surface area contributed by atoms with Gasteiger partial charge in [0.05, 0.1) is 12.5 Å². The van der Waals surface area contributed by atoms with E-state index in [9.17, 15) is 14.7 Å². The van der Waals surface area contributed by atoms with Crippen molar-refractivity contribution in [1.82, 2.24) is 0 Å². The quantitative estimate of drug-likeness (QED) is 0.158. The van der Waals surface area contributed by atoms with E-state index in [1.165, 1.54) is 64.2 Å². The van der Waals surface area contributed by atoms with Gasteiger partial charge in [-0.3, -0.25) is 4.79 Å². The maximum atomic E-state index is 12.1. The van der Waals surface area contributed by atoms with Gasteiger partial charge in [0.1, 0.15) is 0 Å². The van der Waals surface area contributed by atoms with Crippen molar-refractivity contribution in [2.75, 3.05) is 6.61 Å². The first-order valence-corrected chi connectivity index (χ1v) is 11.6. The Labute approximate surface area is 200 Å². The summed E-state index contributed by atoms with van der Waals surface area (Å²) in [6.45, 7) is 4.17. The molecule has 2 atom stereocenters. The van der Waals surface area contributed by atoms with Crippen LogP contribution in [0.25, 0.3) is 0 Å². The second-order valence-corrected chi connectivity index (χ2v) is 8.30. The monoisotopic (exact) mass is 416 g/mol. The molecule has 0 spiro atoms. The molecule has 5 heteroatoms. The topological polar surface area (TPSA) is 66.4 Å². The van der Waals surface area contributed by atoms with E-state index in [0.29, 0.717) is 19.4 Å². The Morgan fingerprint density at radius 2 is 1.24 bits per heavy atom. The first-order chi connectivity index (χ1) is 13.7. The number of rotatable bonds is 17. The van der Waals surface area contributed by atoms with Crippen LogP contribution in [0.4, 0.5) is 0 Å². The molecule has 0 heterocycles. The standard InChI is InChI=1S/C24H42O4.Na/c1-2-3-4-5-6-7-8-9-10-11-12-13-14-17-20-28-24(27)22-19-16-15-18-21(22)23(25)26;/h2,21-22H,1,3-20H2,(H,25,26);/q;+1/p-1. The Hall–Kier alpha value is -0.320. The molecule has 1 fully saturated rings. The van der Waals surface area contributed by atoms with E-state index in [2.05, 4.69) is 6.58 Å². The molecule has 0 amide bonds. The SMILES string of the molecule is C=CCCCCCCCCCCCCCCOC(=O)C1CCCCC1C(=O)[O-].[Na+]. The number of ether oxygens (including phenoxy) is 1. The van der Waals surface area contributed by atoms with Crippen LogP contribution in [0.3, 0.4) is 0 Å². The molecule has 29 heavy (non-hydrogen) atoms. The molecule has 4 nitrogen and oxygen atoms in total. The first-order valence-electron chi connectivity index (χ1n) is 11.6. The van der Waals surface area contributed by atoms with Gasteiger partial charge >= 0.3 is 35.5 Å². The summed E-state index contributed by atoms with van der Waals surface area (Å²) < 4.78 is 5.33. The zero-order valence-electron chi connectivity index (χ0n) is 18.8. The molecule has 1 saturated carbocycles. The van der Waals surface area contributed by atoms with Crippen molar-refractivity contribution >= 4 is 11.9 Å². The summed E-state index contributed by atoms with van der Waals surface area (Å²) in [7, 11) is 0. The van der Waals surface area contributed by atoms with E-state index in [0.717, 1.165) is 32.1 Å². The molecule has 0 aromatic rings. The van der Waals surface area contributed by atoms with Gasteiger partial charge in [0.15, 0.2) is 0 Å². The molecule has 162 valence electrons. The van der Waals surface area contributed by atoms with Crippen molar-refractivity contribution in [3.05, 3.63) is 12.7 Å². The van der Waals surface area contributed by atoms with E-state index >= 15 is 0 Å². The number of hydrogen-bond acceptors (Lipinski definition) is 4. The van der Waals surface area contributed by atoms with Crippen molar-refractivity contribution in [3.8, 4) is 0 Å². The third-order valence-corrected chi connectivity index (χ3v) is 5.92. The molecule has 0 bridgehead atoms. The number of allylic oxidation sites excluding steroid dienone is 1. The van der Waals surface area contributed by atoms with Crippen LogP contribution in [-0.2, 0) is 14.3 Å². The second kappa shape index (κ2) is 19.6. The predicted octanol–water partition coefficient (Wildman–Crippen LogP) is 2.35. The summed E-state index contributed by atoms with van der Waals surface area (Å²) >= 11 is 0. The molecule has 0 aliphatic heterocycles. The maximum Gasteiger partial charge on any atom is 1.00 e. The third kappa shape index (κ3) is 14.3. The van der Waals surface area contributed by atoms with Crippen molar-refractivity contribution < 1.29 is 49.0 Å². The molecule has 0 aromatic carbocycles. The summed E-state index contributed by atoms with van der Waals surface area (Å²) in [4.78, 5) is 23.3. The zero-order valence-corrected chi connectivity index (χ0v) is 20.8. The number of carboxylic acid groups (broad SMARTS) is 1. The minimum absolute atomic E-state index is 0. The van der Waals surface area contributed by atoms with Gasteiger partial charge < -0.3 is 14.6 Å². The second-order valence-electron chi connectivity index (χ2n) is 8.30. The van der Waals surface area contributed by atoms with E-state index in [1.54, 1.807) is 0 Å². The number of carbonyl (C=O) groups excluding carboxylic acids is 2. The van der Waals surface area contributed by atoms with Crippen molar-refractivity contribution in [2.24, 2.45) is 11.8 Å². The number of unbranched alkanes of at least 4 members (excludes halogenated alkanes) is 12. The van der Waals surface area contributed by atoms with E-state index in [-0.39, 0.29) is 35.5 Å². The van der Waals surface area contributed by atoms with Gasteiger partial charge in [-0.25, -0.2) is 0 Å². The molecule has 1 aliphatic rings. The predicted molar refractivity (Wildman–Crippen MR) is 112 cm³/mol. The fourth-order valence-electron chi connectivity index (χ4n) is 4.13. The number of carbonyl (C=O) groups is 2. The summed E-state index contributed by atoms with van der Waals surface area (Å²) in [5, 5.41) is 11.2. The zero-order chi connectivity index (χ0) is 20.5. The Kier molecular flexibility index (Phi) is 19.4. The van der Waals surface area contributed by atoms with Gasteiger partial charge in [-0.2, -0.15) is 0 Å². The van der Waals surface area contributed by atoms with Crippen LogP contribution in [0.2, 0.25) is 0 Å². The van der Waals surface area contributed by atoms with Crippen molar-refractivity contribution in [3.63, 3.8) is 0 Å². The average Bonchev–Trinajstić information content (AvgIpc) is 2.70. The number of carboxylic acids is 1. The van der Waals surface area contributed by atoms with Crippen LogP contribution >= 0.6 is 0 Å². The van der Waals surface area contributed by atoms with E-state index < -0.39 is 17.8 Å². The molecular weight excluding hydrogens is 375 g/mol. The normalized spacial score (nSPS) is 18.6. The summed E-state index contributed by atoms with van der Waals surface area (Å²) in [5.41, 5.74) is 0. The Bertz CT molecular complexity index is 439. The first kappa shape index (κ1) is 28.7. The molecule has 1 rings (SSSR count). The number of esters is 1. The summed E-state index contributed by atoms with van der Waals surface area (Å²) in [6, 6.07) is 0. The van der Waals surface area contributed by atoms with Crippen LogP contribution in [-0.4, -0.2) is 18.5 Å².